The SMILES string of the molecule is Cc1ccc(C(=O)c2c[nH]c3nccc(Cl)c23)cc1F. The number of benzene rings is 1. The molecule has 100 valence electrons. The second-order valence-electron chi connectivity index (χ2n) is 4.51. The van der Waals surface area contributed by atoms with Crippen LogP contribution < -0.4 is 0 Å². The molecule has 3 rings (SSSR count). The topological polar surface area (TPSA) is 45.8 Å². The van der Waals surface area contributed by atoms with Gasteiger partial charge in [-0.3, -0.25) is 4.79 Å². The summed E-state index contributed by atoms with van der Waals surface area (Å²) in [7, 11) is 0. The number of H-pyrrole nitrogens is 1. The smallest absolute Gasteiger partial charge is 0.195 e. The van der Waals surface area contributed by atoms with E-state index in [0.29, 0.717) is 27.2 Å². The summed E-state index contributed by atoms with van der Waals surface area (Å²) in [6, 6.07) is 6.03. The monoisotopic (exact) mass is 288 g/mol. The first-order valence-electron chi connectivity index (χ1n) is 6.00. The Balaban J connectivity index is 2.15. The van der Waals surface area contributed by atoms with Crippen LogP contribution in [0.4, 0.5) is 4.39 Å². The molecule has 0 saturated heterocycles. The number of carbonyl (C=O) groups excluding carboxylic acids is 1. The van der Waals surface area contributed by atoms with Gasteiger partial charge in [0.05, 0.1) is 10.6 Å². The number of aromatic nitrogens is 2. The molecule has 2 aromatic heterocycles. The molecule has 3 nitrogen and oxygen atoms in total. The fraction of sp³-hybridized carbons (Fsp3) is 0.0667. The predicted octanol–water partition coefficient (Wildman–Crippen LogP) is 3.89. The summed E-state index contributed by atoms with van der Waals surface area (Å²) in [6.07, 6.45) is 3.10. The molecular weight excluding hydrogens is 279 g/mol. The van der Waals surface area contributed by atoms with Gasteiger partial charge >= 0.3 is 0 Å². The summed E-state index contributed by atoms with van der Waals surface area (Å²) in [5, 5.41) is 0.993. The van der Waals surface area contributed by atoms with Crippen molar-refractivity contribution >= 4 is 28.4 Å². The first-order valence-corrected chi connectivity index (χ1v) is 6.38. The average Bonchev–Trinajstić information content (AvgIpc) is 2.86. The van der Waals surface area contributed by atoms with Crippen molar-refractivity contribution in [3.8, 4) is 0 Å². The first-order chi connectivity index (χ1) is 9.58. The van der Waals surface area contributed by atoms with Crippen LogP contribution in [0.3, 0.4) is 0 Å². The van der Waals surface area contributed by atoms with Crippen molar-refractivity contribution in [1.29, 1.82) is 0 Å². The molecule has 0 aliphatic rings. The van der Waals surface area contributed by atoms with Crippen LogP contribution in [0.25, 0.3) is 11.0 Å². The number of aryl methyl sites for hydroxylation is 1. The Hall–Kier alpha value is -2.20. The lowest BCUT2D eigenvalue weighted by Gasteiger charge is -2.02. The van der Waals surface area contributed by atoms with Crippen molar-refractivity contribution in [2.75, 3.05) is 0 Å². The standard InChI is InChI=1S/C15H10ClFN2O/c1-8-2-3-9(6-12(8)17)14(20)10-7-19-15-13(10)11(16)4-5-18-15/h2-7H,1H3,(H,18,19). The van der Waals surface area contributed by atoms with E-state index in [-0.39, 0.29) is 11.3 Å². The number of rotatable bonds is 2. The minimum atomic E-state index is -0.403. The summed E-state index contributed by atoms with van der Waals surface area (Å²) in [5.41, 5.74) is 1.71. The van der Waals surface area contributed by atoms with E-state index in [4.69, 9.17) is 11.6 Å². The molecule has 0 spiro atoms. The highest BCUT2D eigenvalue weighted by Crippen LogP contribution is 2.27. The van der Waals surface area contributed by atoms with Gasteiger partial charge < -0.3 is 4.98 Å². The zero-order valence-corrected chi connectivity index (χ0v) is 11.3. The summed E-state index contributed by atoms with van der Waals surface area (Å²) >= 11 is 6.11. The number of aromatic amines is 1. The summed E-state index contributed by atoms with van der Waals surface area (Å²) < 4.78 is 13.6. The van der Waals surface area contributed by atoms with Gasteiger partial charge in [-0.15, -0.1) is 0 Å². The van der Waals surface area contributed by atoms with Crippen molar-refractivity contribution in [3.63, 3.8) is 0 Å². The van der Waals surface area contributed by atoms with Crippen molar-refractivity contribution < 1.29 is 9.18 Å². The van der Waals surface area contributed by atoms with Gasteiger partial charge in [0.15, 0.2) is 5.78 Å². The van der Waals surface area contributed by atoms with Crippen molar-refractivity contribution in [2.45, 2.75) is 6.92 Å². The van der Waals surface area contributed by atoms with Crippen LogP contribution in [0.15, 0.2) is 36.7 Å². The molecule has 0 aliphatic carbocycles. The van der Waals surface area contributed by atoms with Crippen LogP contribution in [0.5, 0.6) is 0 Å². The van der Waals surface area contributed by atoms with Crippen LogP contribution in [-0.4, -0.2) is 15.8 Å². The maximum absolute atomic E-state index is 13.6. The van der Waals surface area contributed by atoms with E-state index in [1.54, 1.807) is 37.5 Å². The highest BCUT2D eigenvalue weighted by molar-refractivity contribution is 6.37. The Kier molecular flexibility index (Phi) is 3.03. The molecule has 0 atom stereocenters. The molecule has 3 aromatic rings. The van der Waals surface area contributed by atoms with Crippen LogP contribution in [0.2, 0.25) is 5.02 Å². The molecule has 20 heavy (non-hydrogen) atoms. The van der Waals surface area contributed by atoms with Crippen LogP contribution in [0.1, 0.15) is 21.5 Å². The average molecular weight is 289 g/mol. The van der Waals surface area contributed by atoms with Gasteiger partial charge in [0, 0.05) is 23.3 Å². The van der Waals surface area contributed by atoms with E-state index >= 15 is 0 Å². The maximum atomic E-state index is 13.6. The number of pyridine rings is 1. The van der Waals surface area contributed by atoms with Gasteiger partial charge in [0.2, 0.25) is 0 Å². The van der Waals surface area contributed by atoms with E-state index < -0.39 is 5.82 Å². The summed E-state index contributed by atoms with van der Waals surface area (Å²) in [5.74, 6) is -0.690. The second-order valence-corrected chi connectivity index (χ2v) is 4.92. The van der Waals surface area contributed by atoms with Gasteiger partial charge in [0.1, 0.15) is 11.5 Å². The largest absolute Gasteiger partial charge is 0.345 e. The minimum Gasteiger partial charge on any atom is -0.345 e. The van der Waals surface area contributed by atoms with E-state index in [0.717, 1.165) is 0 Å². The first kappa shape index (κ1) is 12.8. The molecule has 0 saturated carbocycles. The number of ketones is 1. The summed E-state index contributed by atoms with van der Waals surface area (Å²) in [6.45, 7) is 1.65. The Labute approximate surface area is 119 Å². The van der Waals surface area contributed by atoms with Gasteiger partial charge in [-0.1, -0.05) is 23.7 Å². The number of hydrogen-bond donors (Lipinski definition) is 1. The minimum absolute atomic E-state index is 0.286. The van der Waals surface area contributed by atoms with Crippen molar-refractivity contribution in [3.05, 3.63) is 64.2 Å². The molecule has 1 aromatic carbocycles. The molecular formula is C15H10ClFN2O. The number of hydrogen-bond acceptors (Lipinski definition) is 2. The number of carbonyl (C=O) groups is 1. The fourth-order valence-electron chi connectivity index (χ4n) is 2.09. The van der Waals surface area contributed by atoms with E-state index in [9.17, 15) is 9.18 Å². The van der Waals surface area contributed by atoms with Crippen molar-refractivity contribution in [2.24, 2.45) is 0 Å². The molecule has 0 aliphatic heterocycles. The Morgan fingerprint density at radius 3 is 2.90 bits per heavy atom. The van der Waals surface area contributed by atoms with E-state index in [2.05, 4.69) is 9.97 Å². The zero-order chi connectivity index (χ0) is 14.3. The quantitative estimate of drug-likeness (QED) is 0.727. The second kappa shape index (κ2) is 4.72. The normalized spacial score (nSPS) is 10.9. The Morgan fingerprint density at radius 2 is 2.15 bits per heavy atom. The third-order valence-corrected chi connectivity index (χ3v) is 3.52. The molecule has 0 amide bonds. The molecule has 1 N–H and O–H groups in total. The van der Waals surface area contributed by atoms with Gasteiger partial charge in [-0.25, -0.2) is 9.37 Å². The molecule has 2 heterocycles. The van der Waals surface area contributed by atoms with E-state index in [1.165, 1.54) is 6.07 Å². The number of halogens is 2. The van der Waals surface area contributed by atoms with Gasteiger partial charge in [-0.05, 0) is 24.6 Å². The molecule has 0 unspecified atom stereocenters. The third-order valence-electron chi connectivity index (χ3n) is 3.20. The lowest BCUT2D eigenvalue weighted by Crippen LogP contribution is -2.01. The van der Waals surface area contributed by atoms with Crippen LogP contribution in [-0.2, 0) is 0 Å². The maximum Gasteiger partial charge on any atom is 0.195 e. The van der Waals surface area contributed by atoms with Crippen molar-refractivity contribution in [1.82, 2.24) is 9.97 Å². The van der Waals surface area contributed by atoms with Gasteiger partial charge in [-0.2, -0.15) is 0 Å². The lowest BCUT2D eigenvalue weighted by molar-refractivity contribution is 0.104. The highest BCUT2D eigenvalue weighted by Gasteiger charge is 2.17. The number of fused-ring (bicyclic) bond motifs is 1. The van der Waals surface area contributed by atoms with Crippen LogP contribution in [0, 0.1) is 12.7 Å². The fourth-order valence-corrected chi connectivity index (χ4v) is 2.33. The van der Waals surface area contributed by atoms with Gasteiger partial charge in [0.25, 0.3) is 0 Å². The molecule has 0 radical (unpaired) electrons. The highest BCUT2D eigenvalue weighted by atomic mass is 35.5. The lowest BCUT2D eigenvalue weighted by atomic mass is 10.0. The third kappa shape index (κ3) is 1.98. The number of nitrogens with zero attached hydrogens (tertiary/aromatic N) is 1. The van der Waals surface area contributed by atoms with E-state index in [1.807, 2.05) is 0 Å². The Bertz CT molecular complexity index is 826. The molecule has 0 fully saturated rings. The Morgan fingerprint density at radius 1 is 1.35 bits per heavy atom. The predicted molar refractivity (Wildman–Crippen MR) is 75.7 cm³/mol. The number of nitrogens with one attached hydrogen (secondary N) is 1. The molecule has 0 bridgehead atoms. The van der Waals surface area contributed by atoms with Crippen LogP contribution >= 0.6 is 11.6 Å². The molecule has 5 heteroatoms. The summed E-state index contributed by atoms with van der Waals surface area (Å²) in [4.78, 5) is 19.5. The zero-order valence-electron chi connectivity index (χ0n) is 10.6.